The minimum absolute atomic E-state index is 0.458. The number of rotatable bonds is 4. The summed E-state index contributed by atoms with van der Waals surface area (Å²) in [5, 5.41) is 3.33. The van der Waals surface area contributed by atoms with E-state index in [9.17, 15) is 0 Å². The monoisotopic (exact) mass is 167 g/mol. The van der Waals surface area contributed by atoms with Crippen molar-refractivity contribution in [3.63, 3.8) is 0 Å². The number of hydrogen-bond acceptors (Lipinski definition) is 2. The molecule has 0 spiro atoms. The molecule has 1 rings (SSSR count). The zero-order chi connectivity index (χ0) is 8.65. The minimum Gasteiger partial charge on any atom is -0.377 e. The molecule has 12 heavy (non-hydrogen) atoms. The van der Waals surface area contributed by atoms with Gasteiger partial charge in [-0.2, -0.15) is 0 Å². The summed E-state index contributed by atoms with van der Waals surface area (Å²) in [6.45, 7) is 4.80. The predicted molar refractivity (Wildman–Crippen MR) is 49.9 cm³/mol. The van der Waals surface area contributed by atoms with Gasteiger partial charge in [0.2, 0.25) is 0 Å². The van der Waals surface area contributed by atoms with Crippen LogP contribution in [0.1, 0.15) is 26.2 Å². The Hall–Kier alpha value is -0.520. The first-order valence-corrected chi connectivity index (χ1v) is 4.65. The van der Waals surface area contributed by atoms with Crippen LogP contribution in [0.15, 0.2) is 0 Å². The molecule has 1 saturated heterocycles. The van der Waals surface area contributed by atoms with Crippen molar-refractivity contribution in [1.29, 1.82) is 0 Å². The Bertz CT molecular complexity index is 162. The molecule has 0 aliphatic carbocycles. The van der Waals surface area contributed by atoms with Crippen molar-refractivity contribution < 1.29 is 4.74 Å². The quantitative estimate of drug-likeness (QED) is 0.501. The Kier molecular flexibility index (Phi) is 4.82. The van der Waals surface area contributed by atoms with Crippen molar-refractivity contribution in [2.45, 2.75) is 32.3 Å². The van der Waals surface area contributed by atoms with Crippen LogP contribution in [0.5, 0.6) is 0 Å². The molecule has 0 aromatic heterocycles. The van der Waals surface area contributed by atoms with Gasteiger partial charge in [-0.05, 0) is 19.8 Å². The van der Waals surface area contributed by atoms with Crippen LogP contribution in [-0.4, -0.2) is 25.8 Å². The van der Waals surface area contributed by atoms with Gasteiger partial charge >= 0.3 is 0 Å². The third-order valence-electron chi connectivity index (χ3n) is 2.00. The van der Waals surface area contributed by atoms with Crippen LogP contribution in [0.2, 0.25) is 0 Å². The van der Waals surface area contributed by atoms with Crippen molar-refractivity contribution in [1.82, 2.24) is 5.32 Å². The lowest BCUT2D eigenvalue weighted by molar-refractivity contribution is 0.110. The maximum Gasteiger partial charge on any atom is 0.0700 e. The first kappa shape index (κ1) is 9.57. The van der Waals surface area contributed by atoms with Gasteiger partial charge in [0.15, 0.2) is 0 Å². The molecule has 1 N–H and O–H groups in total. The highest BCUT2D eigenvalue weighted by atomic mass is 16.5. The summed E-state index contributed by atoms with van der Waals surface area (Å²) in [5.74, 6) is 5.90. The maximum absolute atomic E-state index is 5.46. The molecular weight excluding hydrogens is 150 g/mol. The second-order valence-corrected chi connectivity index (χ2v) is 3.02. The molecule has 0 aromatic rings. The fraction of sp³-hybridized carbons (Fsp3) is 0.800. The summed E-state index contributed by atoms with van der Waals surface area (Å²) < 4.78 is 5.46. The first-order valence-electron chi connectivity index (χ1n) is 4.65. The Morgan fingerprint density at radius 1 is 1.58 bits per heavy atom. The van der Waals surface area contributed by atoms with Crippen LogP contribution in [0.25, 0.3) is 0 Å². The van der Waals surface area contributed by atoms with Crippen molar-refractivity contribution in [2.75, 3.05) is 19.7 Å². The summed E-state index contributed by atoms with van der Waals surface area (Å²) >= 11 is 0. The van der Waals surface area contributed by atoms with Crippen molar-refractivity contribution in [2.24, 2.45) is 0 Å². The van der Waals surface area contributed by atoms with E-state index in [1.54, 1.807) is 0 Å². The van der Waals surface area contributed by atoms with Gasteiger partial charge in [-0.15, -0.1) is 11.8 Å². The molecule has 0 saturated carbocycles. The van der Waals surface area contributed by atoms with Crippen molar-refractivity contribution >= 4 is 0 Å². The van der Waals surface area contributed by atoms with E-state index < -0.39 is 0 Å². The third-order valence-corrected chi connectivity index (χ3v) is 2.00. The van der Waals surface area contributed by atoms with Gasteiger partial charge in [-0.3, -0.25) is 0 Å². The predicted octanol–water partition coefficient (Wildman–Crippen LogP) is 1.17. The van der Waals surface area contributed by atoms with Crippen molar-refractivity contribution in [3.8, 4) is 11.8 Å². The average molecular weight is 167 g/mol. The lowest BCUT2D eigenvalue weighted by Crippen LogP contribution is -2.26. The highest BCUT2D eigenvalue weighted by Gasteiger charge is 2.13. The molecule has 1 unspecified atom stereocenters. The van der Waals surface area contributed by atoms with E-state index in [1.165, 1.54) is 12.8 Å². The lowest BCUT2D eigenvalue weighted by Gasteiger charge is -2.08. The third kappa shape index (κ3) is 3.75. The van der Waals surface area contributed by atoms with Gasteiger partial charge in [0.25, 0.3) is 0 Å². The summed E-state index contributed by atoms with van der Waals surface area (Å²) in [6.07, 6.45) is 3.84. The van der Waals surface area contributed by atoms with E-state index in [1.807, 2.05) is 6.92 Å². The summed E-state index contributed by atoms with van der Waals surface area (Å²) in [5.41, 5.74) is 0. The summed E-state index contributed by atoms with van der Waals surface area (Å²) in [6, 6.07) is 0. The van der Waals surface area contributed by atoms with Crippen molar-refractivity contribution in [3.05, 3.63) is 0 Å². The maximum atomic E-state index is 5.46. The summed E-state index contributed by atoms with van der Waals surface area (Å²) in [4.78, 5) is 0. The second kappa shape index (κ2) is 6.05. The molecule has 1 heterocycles. The SMILES string of the molecule is CC#CCCNCC1CCCO1. The topological polar surface area (TPSA) is 21.3 Å². The van der Waals surface area contributed by atoms with Gasteiger partial charge in [0.05, 0.1) is 6.10 Å². The average Bonchev–Trinajstić information content (AvgIpc) is 2.57. The van der Waals surface area contributed by atoms with E-state index in [0.717, 1.165) is 26.1 Å². The fourth-order valence-electron chi connectivity index (χ4n) is 1.34. The Balaban J connectivity index is 1.90. The number of nitrogens with one attached hydrogen (secondary N) is 1. The van der Waals surface area contributed by atoms with Crippen LogP contribution in [0.3, 0.4) is 0 Å². The molecule has 1 aliphatic rings. The molecule has 0 aromatic carbocycles. The number of hydrogen-bond donors (Lipinski definition) is 1. The first-order chi connectivity index (χ1) is 5.93. The van der Waals surface area contributed by atoms with E-state index >= 15 is 0 Å². The van der Waals surface area contributed by atoms with Crippen LogP contribution < -0.4 is 5.32 Å². The van der Waals surface area contributed by atoms with E-state index in [4.69, 9.17) is 4.74 Å². The number of ether oxygens (including phenoxy) is 1. The molecular formula is C10H17NO. The fourth-order valence-corrected chi connectivity index (χ4v) is 1.34. The molecule has 0 bridgehead atoms. The molecule has 0 radical (unpaired) electrons. The van der Waals surface area contributed by atoms with E-state index in [2.05, 4.69) is 17.2 Å². The zero-order valence-corrected chi connectivity index (χ0v) is 7.73. The lowest BCUT2D eigenvalue weighted by atomic mass is 10.2. The van der Waals surface area contributed by atoms with Crippen LogP contribution in [0.4, 0.5) is 0 Å². The summed E-state index contributed by atoms with van der Waals surface area (Å²) in [7, 11) is 0. The standard InChI is InChI=1S/C10H17NO/c1-2-3-4-7-11-9-10-6-5-8-12-10/h10-11H,4-9H2,1H3. The molecule has 1 atom stereocenters. The molecule has 2 heteroatoms. The zero-order valence-electron chi connectivity index (χ0n) is 7.73. The smallest absolute Gasteiger partial charge is 0.0700 e. The Labute approximate surface area is 74.7 Å². The van der Waals surface area contributed by atoms with Crippen LogP contribution in [0, 0.1) is 11.8 Å². The van der Waals surface area contributed by atoms with E-state index in [-0.39, 0.29) is 0 Å². The van der Waals surface area contributed by atoms with Crippen LogP contribution >= 0.6 is 0 Å². The van der Waals surface area contributed by atoms with E-state index in [0.29, 0.717) is 6.10 Å². The molecule has 0 amide bonds. The normalized spacial score (nSPS) is 21.9. The molecule has 1 fully saturated rings. The van der Waals surface area contributed by atoms with Gasteiger partial charge < -0.3 is 10.1 Å². The van der Waals surface area contributed by atoms with Gasteiger partial charge in [-0.25, -0.2) is 0 Å². The highest BCUT2D eigenvalue weighted by molar-refractivity contribution is 4.95. The van der Waals surface area contributed by atoms with Crippen LogP contribution in [-0.2, 0) is 4.74 Å². The second-order valence-electron chi connectivity index (χ2n) is 3.02. The minimum atomic E-state index is 0.458. The van der Waals surface area contributed by atoms with Gasteiger partial charge in [0, 0.05) is 26.1 Å². The Morgan fingerprint density at radius 3 is 3.17 bits per heavy atom. The molecule has 1 aliphatic heterocycles. The van der Waals surface area contributed by atoms with Gasteiger partial charge in [0.1, 0.15) is 0 Å². The Morgan fingerprint density at radius 2 is 2.50 bits per heavy atom. The highest BCUT2D eigenvalue weighted by Crippen LogP contribution is 2.10. The van der Waals surface area contributed by atoms with Gasteiger partial charge in [-0.1, -0.05) is 0 Å². The largest absolute Gasteiger partial charge is 0.377 e. The molecule has 68 valence electrons. The molecule has 2 nitrogen and oxygen atoms in total.